The highest BCUT2D eigenvalue weighted by molar-refractivity contribution is 7.19. The molecule has 0 fully saturated rings. The Labute approximate surface area is 164 Å². The minimum absolute atomic E-state index is 0.0328. The number of nitrogens with zero attached hydrogens (tertiary/aromatic N) is 3. The number of anilines is 1. The van der Waals surface area contributed by atoms with Crippen molar-refractivity contribution in [1.82, 2.24) is 14.8 Å². The molecule has 28 heavy (non-hydrogen) atoms. The van der Waals surface area contributed by atoms with Crippen LogP contribution in [0.15, 0.2) is 60.1 Å². The third kappa shape index (κ3) is 3.50. The second-order valence-electron chi connectivity index (χ2n) is 6.26. The average Bonchev–Trinajstić information content (AvgIpc) is 3.28. The molecule has 0 unspecified atom stereocenters. The predicted molar refractivity (Wildman–Crippen MR) is 105 cm³/mol. The van der Waals surface area contributed by atoms with Gasteiger partial charge < -0.3 is 0 Å². The monoisotopic (exact) mass is 398 g/mol. The average molecular weight is 398 g/mol. The number of nitrogens with one attached hydrogen (secondary N) is 1. The first-order valence-corrected chi connectivity index (χ1v) is 9.46. The lowest BCUT2D eigenvalue weighted by atomic mass is 10.1. The van der Waals surface area contributed by atoms with Crippen molar-refractivity contribution in [3.8, 4) is 21.8 Å². The van der Waals surface area contributed by atoms with Crippen molar-refractivity contribution in [1.29, 1.82) is 0 Å². The first-order valence-electron chi connectivity index (χ1n) is 8.64. The predicted octanol–water partition coefficient (Wildman–Crippen LogP) is 4.86. The molecule has 3 aromatic rings. The van der Waals surface area contributed by atoms with E-state index in [1.165, 1.54) is 23.5 Å². The van der Waals surface area contributed by atoms with E-state index in [4.69, 9.17) is 0 Å². The van der Waals surface area contributed by atoms with Gasteiger partial charge in [0.15, 0.2) is 5.13 Å². The fraction of sp³-hybridized carbons (Fsp3) is 0.150. The quantitative estimate of drug-likeness (QED) is 0.683. The Balaban J connectivity index is 1.58. The Kier molecular flexibility index (Phi) is 4.87. The van der Waals surface area contributed by atoms with Crippen LogP contribution in [0.3, 0.4) is 0 Å². The molecule has 2 heterocycles. The Bertz CT molecular complexity index is 1110. The summed E-state index contributed by atoms with van der Waals surface area (Å²) in [6.45, 7) is 0. The second-order valence-corrected chi connectivity index (χ2v) is 7.29. The number of thiazole rings is 1. The van der Waals surface area contributed by atoms with Crippen LogP contribution < -0.4 is 5.32 Å². The number of amides is 1. The maximum Gasteiger partial charge on any atom is 0.260 e. The summed E-state index contributed by atoms with van der Waals surface area (Å²) in [5.41, 5.74) is 1.69. The number of benzene rings is 1. The topological polar surface area (TPSA) is 59.8 Å². The van der Waals surface area contributed by atoms with Gasteiger partial charge in [0, 0.05) is 25.2 Å². The van der Waals surface area contributed by atoms with Gasteiger partial charge in [-0.1, -0.05) is 35.6 Å². The molecule has 1 aromatic carbocycles. The number of aryl methyl sites for hydroxylation is 1. The molecule has 0 aliphatic heterocycles. The van der Waals surface area contributed by atoms with Crippen LogP contribution in [-0.2, 0) is 11.8 Å². The van der Waals surface area contributed by atoms with E-state index < -0.39 is 11.7 Å². The van der Waals surface area contributed by atoms with Crippen molar-refractivity contribution in [2.75, 3.05) is 5.32 Å². The van der Waals surface area contributed by atoms with Crippen molar-refractivity contribution in [2.24, 2.45) is 7.05 Å². The van der Waals surface area contributed by atoms with Gasteiger partial charge >= 0.3 is 0 Å². The SMILES string of the molecule is Cn1nc(-c2ccccc2F)cc1-c1cnc(NC(=O)C2=C(F)CCC=C2)s1. The maximum atomic E-state index is 14.0. The van der Waals surface area contributed by atoms with Crippen LogP contribution in [0, 0.1) is 5.82 Å². The number of allylic oxidation sites excluding steroid dienone is 2. The van der Waals surface area contributed by atoms with Gasteiger partial charge in [0.2, 0.25) is 0 Å². The lowest BCUT2D eigenvalue weighted by Gasteiger charge is -2.08. The van der Waals surface area contributed by atoms with Gasteiger partial charge in [-0.25, -0.2) is 13.8 Å². The number of hydrogen-bond acceptors (Lipinski definition) is 4. The summed E-state index contributed by atoms with van der Waals surface area (Å²) >= 11 is 1.24. The molecule has 0 atom stereocenters. The van der Waals surface area contributed by atoms with Crippen molar-refractivity contribution in [3.63, 3.8) is 0 Å². The summed E-state index contributed by atoms with van der Waals surface area (Å²) in [7, 11) is 1.75. The molecule has 1 amide bonds. The third-order valence-corrected chi connectivity index (χ3v) is 5.30. The molecule has 1 aliphatic carbocycles. The summed E-state index contributed by atoms with van der Waals surface area (Å²) in [4.78, 5) is 17.2. The highest BCUT2D eigenvalue weighted by Gasteiger charge is 2.18. The second kappa shape index (κ2) is 7.47. The molecular formula is C20H16F2N4OS. The van der Waals surface area contributed by atoms with E-state index in [9.17, 15) is 13.6 Å². The number of carbonyl (C=O) groups is 1. The fourth-order valence-electron chi connectivity index (χ4n) is 2.95. The van der Waals surface area contributed by atoms with E-state index in [0.29, 0.717) is 22.8 Å². The maximum absolute atomic E-state index is 14.0. The Morgan fingerprint density at radius 1 is 1.29 bits per heavy atom. The highest BCUT2D eigenvalue weighted by atomic mass is 32.1. The van der Waals surface area contributed by atoms with Gasteiger partial charge in [-0.2, -0.15) is 5.10 Å². The summed E-state index contributed by atoms with van der Waals surface area (Å²) in [6.07, 6.45) is 5.69. The Hall–Kier alpha value is -3.13. The highest BCUT2D eigenvalue weighted by Crippen LogP contribution is 2.32. The van der Waals surface area contributed by atoms with Gasteiger partial charge in [-0.3, -0.25) is 14.8 Å². The lowest BCUT2D eigenvalue weighted by Crippen LogP contribution is -2.15. The first kappa shape index (κ1) is 18.2. The molecule has 4 rings (SSSR count). The Morgan fingerprint density at radius 3 is 2.89 bits per heavy atom. The van der Waals surface area contributed by atoms with E-state index >= 15 is 0 Å². The zero-order valence-corrected chi connectivity index (χ0v) is 15.8. The van der Waals surface area contributed by atoms with Crippen LogP contribution in [-0.4, -0.2) is 20.7 Å². The summed E-state index contributed by atoms with van der Waals surface area (Å²) in [5.74, 6) is -1.29. The molecule has 8 heteroatoms. The zero-order valence-electron chi connectivity index (χ0n) is 14.9. The van der Waals surface area contributed by atoms with E-state index in [-0.39, 0.29) is 17.8 Å². The number of hydrogen-bond donors (Lipinski definition) is 1. The molecule has 0 saturated heterocycles. The fourth-order valence-corrected chi connectivity index (χ4v) is 3.81. The van der Waals surface area contributed by atoms with Crippen LogP contribution in [0.2, 0.25) is 0 Å². The molecule has 0 saturated carbocycles. The third-order valence-electron chi connectivity index (χ3n) is 4.36. The van der Waals surface area contributed by atoms with Crippen LogP contribution in [0.25, 0.3) is 21.8 Å². The molecule has 0 bridgehead atoms. The normalized spacial score (nSPS) is 13.8. The smallest absolute Gasteiger partial charge is 0.260 e. The minimum Gasteiger partial charge on any atom is -0.298 e. The van der Waals surface area contributed by atoms with Crippen molar-refractivity contribution in [2.45, 2.75) is 12.8 Å². The molecule has 1 aliphatic rings. The molecule has 1 N–H and O–H groups in total. The van der Waals surface area contributed by atoms with Gasteiger partial charge in [0.05, 0.1) is 21.8 Å². The number of aromatic nitrogens is 3. The molecule has 2 aromatic heterocycles. The number of rotatable bonds is 4. The zero-order chi connectivity index (χ0) is 19.7. The van der Waals surface area contributed by atoms with E-state index in [2.05, 4.69) is 15.4 Å². The number of halogens is 2. The largest absolute Gasteiger partial charge is 0.298 e. The number of carbonyl (C=O) groups excluding carboxylic acids is 1. The van der Waals surface area contributed by atoms with E-state index in [1.807, 2.05) is 0 Å². The van der Waals surface area contributed by atoms with Crippen LogP contribution in [0.4, 0.5) is 13.9 Å². The van der Waals surface area contributed by atoms with Crippen molar-refractivity contribution >= 4 is 22.4 Å². The van der Waals surface area contributed by atoms with E-state index in [0.717, 1.165) is 10.6 Å². The van der Waals surface area contributed by atoms with E-state index in [1.54, 1.807) is 48.3 Å². The first-order chi connectivity index (χ1) is 13.5. The molecule has 0 spiro atoms. The summed E-state index contributed by atoms with van der Waals surface area (Å²) < 4.78 is 29.5. The van der Waals surface area contributed by atoms with Crippen LogP contribution in [0.1, 0.15) is 12.8 Å². The standard InChI is InChI=1S/C20H16F2N4OS/c1-26-17(10-16(25-26)12-6-2-4-8-14(12)21)18-11-23-20(28-18)24-19(27)13-7-3-5-9-15(13)22/h2-4,6-8,10-11H,5,9H2,1H3,(H,23,24,27). The minimum atomic E-state index is -0.522. The van der Waals surface area contributed by atoms with Gasteiger partial charge in [-0.15, -0.1) is 0 Å². The lowest BCUT2D eigenvalue weighted by molar-refractivity contribution is -0.112. The van der Waals surface area contributed by atoms with Gasteiger partial charge in [-0.05, 0) is 24.6 Å². The summed E-state index contributed by atoms with van der Waals surface area (Å²) in [5, 5.41) is 7.36. The van der Waals surface area contributed by atoms with Crippen LogP contribution in [0.5, 0.6) is 0 Å². The van der Waals surface area contributed by atoms with Crippen molar-refractivity contribution < 1.29 is 13.6 Å². The molecular weight excluding hydrogens is 382 g/mol. The van der Waals surface area contributed by atoms with Crippen molar-refractivity contribution in [3.05, 3.63) is 65.9 Å². The Morgan fingerprint density at radius 2 is 2.11 bits per heavy atom. The van der Waals surface area contributed by atoms with Gasteiger partial charge in [0.25, 0.3) is 5.91 Å². The summed E-state index contributed by atoms with van der Waals surface area (Å²) in [6, 6.07) is 8.20. The molecule has 142 valence electrons. The molecule has 0 radical (unpaired) electrons. The molecule has 5 nitrogen and oxygen atoms in total. The van der Waals surface area contributed by atoms with Gasteiger partial charge in [0.1, 0.15) is 11.6 Å². The van der Waals surface area contributed by atoms with Crippen LogP contribution >= 0.6 is 11.3 Å².